The summed E-state index contributed by atoms with van der Waals surface area (Å²) in [5, 5.41) is 0. The van der Waals surface area contributed by atoms with Gasteiger partial charge in [0.2, 0.25) is 0 Å². The summed E-state index contributed by atoms with van der Waals surface area (Å²) in [4.78, 5) is 5.63. The highest BCUT2D eigenvalue weighted by Gasteiger charge is 2.36. The number of aromatic nitrogens is 1. The normalized spacial score (nSPS) is 14.6. The molecule has 1 aromatic carbocycles. The Hall–Kier alpha value is -2.24. The first-order valence-electron chi connectivity index (χ1n) is 6.92. The van der Waals surface area contributed by atoms with E-state index in [0.717, 1.165) is 22.9 Å². The lowest BCUT2D eigenvalue weighted by Gasteiger charge is -2.32. The SMILES string of the molecule is COc1cccc2c1CCN(c1ncccc1C(F)(F)F)C2. The fraction of sp³-hybridized carbons (Fsp3) is 0.312. The molecule has 2 heterocycles. The van der Waals surface area contributed by atoms with E-state index in [1.165, 1.54) is 12.3 Å². The van der Waals surface area contributed by atoms with Crippen molar-refractivity contribution in [3.05, 3.63) is 53.2 Å². The third kappa shape index (κ3) is 2.61. The van der Waals surface area contributed by atoms with Crippen LogP contribution in [0.3, 0.4) is 0 Å². The number of nitrogens with zero attached hydrogens (tertiary/aromatic N) is 2. The van der Waals surface area contributed by atoms with Gasteiger partial charge in [0.25, 0.3) is 0 Å². The molecule has 0 atom stereocenters. The highest BCUT2D eigenvalue weighted by atomic mass is 19.4. The monoisotopic (exact) mass is 308 g/mol. The second-order valence-corrected chi connectivity index (χ2v) is 5.14. The van der Waals surface area contributed by atoms with E-state index in [0.29, 0.717) is 19.5 Å². The average molecular weight is 308 g/mol. The number of fused-ring (bicyclic) bond motifs is 1. The third-order valence-corrected chi connectivity index (χ3v) is 3.83. The molecule has 1 aliphatic rings. The predicted molar refractivity (Wildman–Crippen MR) is 77.0 cm³/mol. The molecule has 0 saturated carbocycles. The van der Waals surface area contributed by atoms with Crippen molar-refractivity contribution in [2.45, 2.75) is 19.1 Å². The highest BCUT2D eigenvalue weighted by molar-refractivity contribution is 5.53. The predicted octanol–water partition coefficient (Wildman–Crippen LogP) is 3.67. The first kappa shape index (κ1) is 14.7. The summed E-state index contributed by atoms with van der Waals surface area (Å²) < 4.78 is 44.7. The lowest BCUT2D eigenvalue weighted by Crippen LogP contribution is -2.33. The minimum Gasteiger partial charge on any atom is -0.496 e. The second-order valence-electron chi connectivity index (χ2n) is 5.14. The van der Waals surface area contributed by atoms with E-state index >= 15 is 0 Å². The van der Waals surface area contributed by atoms with Gasteiger partial charge in [0, 0.05) is 24.8 Å². The number of rotatable bonds is 2. The fourth-order valence-corrected chi connectivity index (χ4v) is 2.82. The van der Waals surface area contributed by atoms with E-state index in [1.54, 1.807) is 12.0 Å². The van der Waals surface area contributed by atoms with Crippen LogP contribution < -0.4 is 9.64 Å². The van der Waals surface area contributed by atoms with Crippen LogP contribution >= 0.6 is 0 Å². The van der Waals surface area contributed by atoms with E-state index in [4.69, 9.17) is 4.74 Å². The molecule has 0 aliphatic carbocycles. The number of hydrogen-bond donors (Lipinski definition) is 0. The number of methoxy groups -OCH3 is 1. The summed E-state index contributed by atoms with van der Waals surface area (Å²) in [6.07, 6.45) is -2.38. The molecule has 6 heteroatoms. The quantitative estimate of drug-likeness (QED) is 0.846. The van der Waals surface area contributed by atoms with Gasteiger partial charge < -0.3 is 9.64 Å². The van der Waals surface area contributed by atoms with Gasteiger partial charge in [-0.3, -0.25) is 0 Å². The Balaban J connectivity index is 1.96. The zero-order chi connectivity index (χ0) is 15.7. The summed E-state index contributed by atoms with van der Waals surface area (Å²) in [6.45, 7) is 0.875. The van der Waals surface area contributed by atoms with Gasteiger partial charge in [-0.1, -0.05) is 12.1 Å². The van der Waals surface area contributed by atoms with Gasteiger partial charge in [-0.25, -0.2) is 4.98 Å². The van der Waals surface area contributed by atoms with Crippen molar-refractivity contribution in [3.8, 4) is 5.75 Å². The first-order valence-corrected chi connectivity index (χ1v) is 6.92. The van der Waals surface area contributed by atoms with Crippen LogP contribution in [0.1, 0.15) is 16.7 Å². The van der Waals surface area contributed by atoms with Crippen LogP contribution in [0.25, 0.3) is 0 Å². The van der Waals surface area contributed by atoms with E-state index in [2.05, 4.69) is 4.98 Å². The van der Waals surface area contributed by atoms with Gasteiger partial charge in [-0.2, -0.15) is 13.2 Å². The summed E-state index contributed by atoms with van der Waals surface area (Å²) in [5.74, 6) is 0.776. The van der Waals surface area contributed by atoms with Gasteiger partial charge in [0.15, 0.2) is 0 Å². The maximum absolute atomic E-state index is 13.1. The molecule has 0 spiro atoms. The Morgan fingerprint density at radius 1 is 1.18 bits per heavy atom. The van der Waals surface area contributed by atoms with Crippen LogP contribution in [0.15, 0.2) is 36.5 Å². The van der Waals surface area contributed by atoms with Crippen molar-refractivity contribution < 1.29 is 17.9 Å². The van der Waals surface area contributed by atoms with Crippen molar-refractivity contribution in [1.82, 2.24) is 4.98 Å². The molecule has 0 bridgehead atoms. The number of alkyl halides is 3. The van der Waals surface area contributed by atoms with Gasteiger partial charge in [0.1, 0.15) is 11.6 Å². The second kappa shape index (κ2) is 5.51. The minimum absolute atomic E-state index is 0.0107. The van der Waals surface area contributed by atoms with Crippen LogP contribution in [0.4, 0.5) is 19.0 Å². The molecule has 116 valence electrons. The van der Waals surface area contributed by atoms with Crippen molar-refractivity contribution >= 4 is 5.82 Å². The molecule has 0 saturated heterocycles. The van der Waals surface area contributed by atoms with Crippen LogP contribution in [0, 0.1) is 0 Å². The number of benzene rings is 1. The Kier molecular flexibility index (Phi) is 3.68. The number of hydrogen-bond acceptors (Lipinski definition) is 3. The fourth-order valence-electron chi connectivity index (χ4n) is 2.82. The van der Waals surface area contributed by atoms with Crippen LogP contribution in [-0.4, -0.2) is 18.6 Å². The molecule has 2 aromatic rings. The third-order valence-electron chi connectivity index (χ3n) is 3.83. The van der Waals surface area contributed by atoms with E-state index in [9.17, 15) is 13.2 Å². The standard InChI is InChI=1S/C16H15F3N2O/c1-22-14-6-2-4-11-10-21(9-7-12(11)14)15-13(16(17,18)19)5-3-8-20-15/h2-6,8H,7,9-10H2,1H3. The van der Waals surface area contributed by atoms with Crippen LogP contribution in [0.2, 0.25) is 0 Å². The zero-order valence-corrected chi connectivity index (χ0v) is 12.0. The maximum atomic E-state index is 13.1. The van der Waals surface area contributed by atoms with Crippen molar-refractivity contribution in [2.75, 3.05) is 18.6 Å². The number of ether oxygens (including phenoxy) is 1. The molecule has 0 N–H and O–H groups in total. The first-order chi connectivity index (χ1) is 10.5. The summed E-state index contributed by atoms with van der Waals surface area (Å²) in [5.41, 5.74) is 1.34. The van der Waals surface area contributed by atoms with Crippen molar-refractivity contribution in [3.63, 3.8) is 0 Å². The van der Waals surface area contributed by atoms with E-state index in [-0.39, 0.29) is 5.82 Å². The Bertz CT molecular complexity index is 685. The number of anilines is 1. The van der Waals surface area contributed by atoms with Gasteiger partial charge in [0.05, 0.1) is 12.7 Å². The lowest BCUT2D eigenvalue weighted by atomic mass is 9.98. The van der Waals surface area contributed by atoms with E-state index < -0.39 is 11.7 Å². The molecule has 22 heavy (non-hydrogen) atoms. The molecule has 3 nitrogen and oxygen atoms in total. The Morgan fingerprint density at radius 3 is 2.73 bits per heavy atom. The zero-order valence-electron chi connectivity index (χ0n) is 12.0. The molecular weight excluding hydrogens is 293 g/mol. The molecule has 1 aliphatic heterocycles. The summed E-state index contributed by atoms with van der Waals surface area (Å²) in [7, 11) is 1.60. The van der Waals surface area contributed by atoms with Gasteiger partial charge in [-0.15, -0.1) is 0 Å². The molecular formula is C16H15F3N2O. The average Bonchev–Trinajstić information content (AvgIpc) is 2.53. The van der Waals surface area contributed by atoms with E-state index in [1.807, 2.05) is 18.2 Å². The number of halogens is 3. The minimum atomic E-state index is -4.40. The Labute approximate surface area is 126 Å². The highest BCUT2D eigenvalue weighted by Crippen LogP contribution is 2.37. The van der Waals surface area contributed by atoms with Gasteiger partial charge in [-0.05, 0) is 30.2 Å². The molecule has 1 aromatic heterocycles. The molecule has 0 amide bonds. The smallest absolute Gasteiger partial charge is 0.419 e. The van der Waals surface area contributed by atoms with Crippen molar-refractivity contribution in [2.24, 2.45) is 0 Å². The van der Waals surface area contributed by atoms with Crippen LogP contribution in [-0.2, 0) is 19.1 Å². The lowest BCUT2D eigenvalue weighted by molar-refractivity contribution is -0.137. The molecule has 0 radical (unpaired) electrons. The number of pyridine rings is 1. The molecule has 0 fully saturated rings. The van der Waals surface area contributed by atoms with Gasteiger partial charge >= 0.3 is 6.18 Å². The van der Waals surface area contributed by atoms with Crippen LogP contribution in [0.5, 0.6) is 5.75 Å². The molecule has 3 rings (SSSR count). The maximum Gasteiger partial charge on any atom is 0.419 e. The topological polar surface area (TPSA) is 25.4 Å². The van der Waals surface area contributed by atoms with Crippen molar-refractivity contribution in [1.29, 1.82) is 0 Å². The molecule has 0 unspecified atom stereocenters. The largest absolute Gasteiger partial charge is 0.496 e. The Morgan fingerprint density at radius 2 is 2.00 bits per heavy atom. The summed E-state index contributed by atoms with van der Waals surface area (Å²) in [6, 6.07) is 8.03. The summed E-state index contributed by atoms with van der Waals surface area (Å²) >= 11 is 0.